The largest absolute Gasteiger partial charge is 0.495 e. The van der Waals surface area contributed by atoms with Gasteiger partial charge in [-0.05, 0) is 30.5 Å². The van der Waals surface area contributed by atoms with Crippen LogP contribution in [0.15, 0.2) is 23.1 Å². The van der Waals surface area contributed by atoms with Gasteiger partial charge in [-0.2, -0.15) is 0 Å². The smallest absolute Gasteiger partial charge is 0.306 e. The number of hydrogen-bond donors (Lipinski definition) is 1. The molecule has 0 aliphatic carbocycles. The zero-order valence-corrected chi connectivity index (χ0v) is 15.3. The van der Waals surface area contributed by atoms with Gasteiger partial charge in [-0.15, -0.1) is 11.8 Å². The van der Waals surface area contributed by atoms with E-state index in [9.17, 15) is 4.79 Å². The van der Waals surface area contributed by atoms with E-state index in [-0.39, 0.29) is 5.97 Å². The first-order valence-corrected chi connectivity index (χ1v) is 9.31. The van der Waals surface area contributed by atoms with Gasteiger partial charge in [-0.25, -0.2) is 0 Å². The fourth-order valence-corrected chi connectivity index (χ4v) is 3.31. The molecule has 5 heteroatoms. The van der Waals surface area contributed by atoms with Crippen molar-refractivity contribution < 1.29 is 14.3 Å². The molecule has 23 heavy (non-hydrogen) atoms. The van der Waals surface area contributed by atoms with Gasteiger partial charge in [-0.3, -0.25) is 4.79 Å². The fourth-order valence-electron chi connectivity index (χ4n) is 2.43. The van der Waals surface area contributed by atoms with Crippen LogP contribution in [0.1, 0.15) is 46.0 Å². The third-order valence-corrected chi connectivity index (χ3v) is 4.84. The Morgan fingerprint density at radius 3 is 2.70 bits per heavy atom. The van der Waals surface area contributed by atoms with Gasteiger partial charge in [-0.1, -0.05) is 33.1 Å². The SMILES string of the molecule is CCCC(CC)CCOC(=O)CCSc1ccc(OC)c(N)c1. The lowest BCUT2D eigenvalue weighted by Crippen LogP contribution is -2.10. The average molecular weight is 340 g/mol. The van der Waals surface area contributed by atoms with Crippen molar-refractivity contribution in [2.45, 2.75) is 50.8 Å². The number of benzene rings is 1. The Balaban J connectivity index is 2.22. The summed E-state index contributed by atoms with van der Waals surface area (Å²) in [6.45, 7) is 4.93. The number of thioether (sulfide) groups is 1. The third kappa shape index (κ3) is 7.64. The number of methoxy groups -OCH3 is 1. The number of esters is 1. The topological polar surface area (TPSA) is 61.5 Å². The lowest BCUT2D eigenvalue weighted by molar-refractivity contribution is -0.143. The molecule has 1 aromatic rings. The second kappa shape index (κ2) is 11.2. The highest BCUT2D eigenvalue weighted by atomic mass is 32.2. The summed E-state index contributed by atoms with van der Waals surface area (Å²) in [6, 6.07) is 5.65. The molecule has 1 aromatic carbocycles. The normalized spacial score (nSPS) is 12.0. The number of hydrogen-bond acceptors (Lipinski definition) is 5. The van der Waals surface area contributed by atoms with E-state index in [1.54, 1.807) is 18.9 Å². The molecular weight excluding hydrogens is 310 g/mol. The van der Waals surface area contributed by atoms with Crippen molar-refractivity contribution in [3.05, 3.63) is 18.2 Å². The van der Waals surface area contributed by atoms with E-state index in [0.29, 0.717) is 36.1 Å². The lowest BCUT2D eigenvalue weighted by atomic mass is 9.98. The zero-order valence-electron chi connectivity index (χ0n) is 14.5. The molecule has 0 fully saturated rings. The summed E-state index contributed by atoms with van der Waals surface area (Å²) in [7, 11) is 1.60. The molecule has 0 bridgehead atoms. The maximum atomic E-state index is 11.7. The summed E-state index contributed by atoms with van der Waals surface area (Å²) in [5.41, 5.74) is 6.48. The second-order valence-electron chi connectivity index (χ2n) is 5.57. The number of nitrogen functional groups attached to an aromatic ring is 1. The summed E-state index contributed by atoms with van der Waals surface area (Å²) in [4.78, 5) is 12.8. The predicted molar refractivity (Wildman–Crippen MR) is 97.0 cm³/mol. The predicted octanol–water partition coefficient (Wildman–Crippen LogP) is 4.52. The van der Waals surface area contributed by atoms with Crippen molar-refractivity contribution in [2.75, 3.05) is 25.2 Å². The van der Waals surface area contributed by atoms with E-state index >= 15 is 0 Å². The average Bonchev–Trinajstić information content (AvgIpc) is 2.54. The maximum absolute atomic E-state index is 11.7. The molecule has 0 radical (unpaired) electrons. The molecule has 0 saturated carbocycles. The highest BCUT2D eigenvalue weighted by Crippen LogP contribution is 2.28. The van der Waals surface area contributed by atoms with Gasteiger partial charge in [0.1, 0.15) is 5.75 Å². The Morgan fingerprint density at radius 2 is 2.09 bits per heavy atom. The zero-order chi connectivity index (χ0) is 17.1. The molecule has 0 aromatic heterocycles. The van der Waals surface area contributed by atoms with Gasteiger partial charge >= 0.3 is 5.97 Å². The van der Waals surface area contributed by atoms with Crippen molar-refractivity contribution in [3.63, 3.8) is 0 Å². The van der Waals surface area contributed by atoms with E-state index in [2.05, 4.69) is 13.8 Å². The van der Waals surface area contributed by atoms with Gasteiger partial charge in [0.25, 0.3) is 0 Å². The molecule has 0 heterocycles. The summed E-state index contributed by atoms with van der Waals surface area (Å²) < 4.78 is 10.4. The van der Waals surface area contributed by atoms with Crippen molar-refractivity contribution in [1.29, 1.82) is 0 Å². The highest BCUT2D eigenvalue weighted by molar-refractivity contribution is 7.99. The minimum atomic E-state index is -0.120. The standard InChI is InChI=1S/C18H29NO3S/c1-4-6-14(5-2)9-11-22-18(20)10-12-23-15-7-8-17(21-3)16(19)13-15/h7-8,13-14H,4-6,9-12,19H2,1-3H3. The molecule has 0 amide bonds. The molecule has 0 aliphatic rings. The Kier molecular flexibility index (Phi) is 9.60. The van der Waals surface area contributed by atoms with Gasteiger partial charge < -0.3 is 15.2 Å². The van der Waals surface area contributed by atoms with Crippen LogP contribution < -0.4 is 10.5 Å². The molecule has 2 N–H and O–H groups in total. The molecule has 0 aliphatic heterocycles. The number of nitrogens with two attached hydrogens (primary N) is 1. The summed E-state index contributed by atoms with van der Waals surface area (Å²) in [6.07, 6.45) is 4.94. The van der Waals surface area contributed by atoms with Crippen LogP contribution in [0.5, 0.6) is 5.75 Å². The summed E-state index contributed by atoms with van der Waals surface area (Å²) >= 11 is 1.60. The van der Waals surface area contributed by atoms with Gasteiger partial charge in [0.2, 0.25) is 0 Å². The molecule has 1 unspecified atom stereocenters. The molecule has 1 atom stereocenters. The number of rotatable bonds is 11. The van der Waals surface area contributed by atoms with Crippen LogP contribution in [-0.4, -0.2) is 25.4 Å². The molecule has 0 spiro atoms. The summed E-state index contributed by atoms with van der Waals surface area (Å²) in [5.74, 6) is 1.91. The maximum Gasteiger partial charge on any atom is 0.306 e. The molecular formula is C18H29NO3S. The first-order chi connectivity index (χ1) is 11.1. The van der Waals surface area contributed by atoms with Crippen LogP contribution in [0.25, 0.3) is 0 Å². The highest BCUT2D eigenvalue weighted by Gasteiger charge is 2.08. The number of anilines is 1. The van der Waals surface area contributed by atoms with Crippen LogP contribution in [0, 0.1) is 5.92 Å². The van der Waals surface area contributed by atoms with Crippen LogP contribution >= 0.6 is 11.8 Å². The molecule has 0 saturated heterocycles. The Hall–Kier alpha value is -1.36. The van der Waals surface area contributed by atoms with E-state index in [4.69, 9.17) is 15.2 Å². The molecule has 1 rings (SSSR count). The second-order valence-corrected chi connectivity index (χ2v) is 6.74. The lowest BCUT2D eigenvalue weighted by Gasteiger charge is -2.13. The third-order valence-electron chi connectivity index (χ3n) is 3.84. The first kappa shape index (κ1) is 19.7. The van der Waals surface area contributed by atoms with Crippen LogP contribution in [0.4, 0.5) is 5.69 Å². The van der Waals surface area contributed by atoms with Gasteiger partial charge in [0.15, 0.2) is 0 Å². The molecule has 130 valence electrons. The van der Waals surface area contributed by atoms with E-state index in [1.807, 2.05) is 18.2 Å². The van der Waals surface area contributed by atoms with E-state index < -0.39 is 0 Å². The van der Waals surface area contributed by atoms with Crippen LogP contribution in [0.2, 0.25) is 0 Å². The van der Waals surface area contributed by atoms with Crippen molar-refractivity contribution in [2.24, 2.45) is 5.92 Å². The van der Waals surface area contributed by atoms with Crippen LogP contribution in [-0.2, 0) is 9.53 Å². The van der Waals surface area contributed by atoms with Crippen molar-refractivity contribution in [3.8, 4) is 5.75 Å². The first-order valence-electron chi connectivity index (χ1n) is 8.32. The number of ether oxygens (including phenoxy) is 2. The van der Waals surface area contributed by atoms with Crippen LogP contribution in [0.3, 0.4) is 0 Å². The minimum absolute atomic E-state index is 0.120. The van der Waals surface area contributed by atoms with E-state index in [0.717, 1.165) is 17.7 Å². The Bertz CT molecular complexity index is 479. The number of carbonyl (C=O) groups is 1. The Morgan fingerprint density at radius 1 is 1.30 bits per heavy atom. The molecule has 4 nitrogen and oxygen atoms in total. The van der Waals surface area contributed by atoms with Gasteiger partial charge in [0, 0.05) is 10.6 Å². The Labute approximate surface area is 144 Å². The minimum Gasteiger partial charge on any atom is -0.495 e. The number of carbonyl (C=O) groups excluding carboxylic acids is 1. The van der Waals surface area contributed by atoms with E-state index in [1.165, 1.54) is 12.8 Å². The monoisotopic (exact) mass is 339 g/mol. The van der Waals surface area contributed by atoms with Crippen molar-refractivity contribution >= 4 is 23.4 Å². The summed E-state index contributed by atoms with van der Waals surface area (Å²) in [5, 5.41) is 0. The fraction of sp³-hybridized carbons (Fsp3) is 0.611. The van der Waals surface area contributed by atoms with Crippen molar-refractivity contribution in [1.82, 2.24) is 0 Å². The van der Waals surface area contributed by atoms with Gasteiger partial charge in [0.05, 0.1) is 25.8 Å². The quantitative estimate of drug-likeness (QED) is 0.365.